The maximum absolute atomic E-state index is 5.46. The number of hydrogen-bond acceptors (Lipinski definition) is 2. The maximum atomic E-state index is 5.46. The number of halogens is 1. The summed E-state index contributed by atoms with van der Waals surface area (Å²) >= 11 is 0. The van der Waals surface area contributed by atoms with Crippen molar-refractivity contribution in [1.82, 2.24) is 0 Å². The number of benzene rings is 2. The Morgan fingerprint density at radius 3 is 2.23 bits per heavy atom. The zero-order chi connectivity index (χ0) is 14.8. The van der Waals surface area contributed by atoms with Crippen LogP contribution < -0.4 is 33.5 Å². The number of likely N-dealkylation sites (N-methyl/N-ethyl adjacent to an activating group) is 1. The Morgan fingerprint density at radius 2 is 1.59 bits per heavy atom. The smallest absolute Gasteiger partial charge is 0.214 e. The highest BCUT2D eigenvalue weighted by atomic mass is 127. The zero-order valence-electron chi connectivity index (χ0n) is 13.1. The van der Waals surface area contributed by atoms with Crippen molar-refractivity contribution in [2.24, 2.45) is 0 Å². The van der Waals surface area contributed by atoms with E-state index in [0.29, 0.717) is 0 Å². The topological polar surface area (TPSA) is 21.5 Å². The second-order valence-electron chi connectivity index (χ2n) is 5.25. The van der Waals surface area contributed by atoms with E-state index in [-0.39, 0.29) is 24.0 Å². The highest BCUT2D eigenvalue weighted by Gasteiger charge is 2.26. The number of methoxy groups -OCH3 is 2. The van der Waals surface area contributed by atoms with E-state index in [1.54, 1.807) is 14.2 Å². The molecule has 0 bridgehead atoms. The molecule has 1 aliphatic rings. The molecule has 0 saturated carbocycles. The molecule has 2 aromatic carbocycles. The van der Waals surface area contributed by atoms with Crippen LogP contribution in [0.1, 0.15) is 16.7 Å². The normalized spacial score (nSPS) is 13.2. The van der Waals surface area contributed by atoms with E-state index < -0.39 is 0 Å². The monoisotopic (exact) mass is 409 g/mol. The Kier molecular flexibility index (Phi) is 5.45. The minimum atomic E-state index is 0. The Labute approximate surface area is 148 Å². The van der Waals surface area contributed by atoms with Crippen LogP contribution >= 0.6 is 0 Å². The van der Waals surface area contributed by atoms with Crippen LogP contribution in [0, 0.1) is 0 Å². The molecule has 0 spiro atoms. The molecule has 1 aliphatic heterocycles. The van der Waals surface area contributed by atoms with Crippen molar-refractivity contribution in [3.8, 4) is 11.5 Å². The van der Waals surface area contributed by atoms with Crippen molar-refractivity contribution < 1.29 is 38.0 Å². The van der Waals surface area contributed by atoms with Crippen LogP contribution in [0.3, 0.4) is 0 Å². The molecule has 0 N–H and O–H groups in total. The SMILES string of the molecule is COc1cc2c(cc1OC)C(c1ccccc1)=[N+](C)CC2.[I-]. The lowest BCUT2D eigenvalue weighted by molar-refractivity contribution is -0.497. The summed E-state index contributed by atoms with van der Waals surface area (Å²) in [6, 6.07) is 14.7. The van der Waals surface area contributed by atoms with Gasteiger partial charge in [-0.1, -0.05) is 18.2 Å². The van der Waals surface area contributed by atoms with E-state index in [1.807, 2.05) is 6.07 Å². The first kappa shape index (κ1) is 16.8. The largest absolute Gasteiger partial charge is 1.00 e. The molecule has 4 heteroatoms. The lowest BCUT2D eigenvalue weighted by atomic mass is 9.92. The lowest BCUT2D eigenvalue weighted by Crippen LogP contribution is -3.00. The van der Waals surface area contributed by atoms with Crippen LogP contribution in [0.15, 0.2) is 42.5 Å². The molecular weight excluding hydrogens is 389 g/mol. The second kappa shape index (κ2) is 7.13. The van der Waals surface area contributed by atoms with E-state index >= 15 is 0 Å². The summed E-state index contributed by atoms with van der Waals surface area (Å²) in [6.45, 7) is 1.01. The highest BCUT2D eigenvalue weighted by Crippen LogP contribution is 2.33. The highest BCUT2D eigenvalue weighted by molar-refractivity contribution is 6.11. The fourth-order valence-electron chi connectivity index (χ4n) is 2.93. The molecule has 0 atom stereocenters. The van der Waals surface area contributed by atoms with Gasteiger partial charge in [-0.15, -0.1) is 0 Å². The van der Waals surface area contributed by atoms with E-state index in [1.165, 1.54) is 22.4 Å². The van der Waals surface area contributed by atoms with Crippen molar-refractivity contribution in [3.63, 3.8) is 0 Å². The molecule has 1 heterocycles. The van der Waals surface area contributed by atoms with Crippen LogP contribution in [0.5, 0.6) is 11.5 Å². The average molecular weight is 409 g/mol. The molecule has 22 heavy (non-hydrogen) atoms. The van der Waals surface area contributed by atoms with Crippen LogP contribution in [0.25, 0.3) is 0 Å². The van der Waals surface area contributed by atoms with Crippen LogP contribution in [0.4, 0.5) is 0 Å². The van der Waals surface area contributed by atoms with Gasteiger partial charge in [-0.05, 0) is 29.8 Å². The van der Waals surface area contributed by atoms with Crippen molar-refractivity contribution >= 4 is 5.71 Å². The number of rotatable bonds is 3. The van der Waals surface area contributed by atoms with Crippen molar-refractivity contribution in [2.45, 2.75) is 6.42 Å². The van der Waals surface area contributed by atoms with E-state index in [4.69, 9.17) is 9.47 Å². The summed E-state index contributed by atoms with van der Waals surface area (Å²) in [5.74, 6) is 1.58. The summed E-state index contributed by atoms with van der Waals surface area (Å²) in [5.41, 5.74) is 5.02. The summed E-state index contributed by atoms with van der Waals surface area (Å²) < 4.78 is 13.2. The van der Waals surface area contributed by atoms with Crippen molar-refractivity contribution in [1.29, 1.82) is 0 Å². The van der Waals surface area contributed by atoms with Crippen LogP contribution in [-0.4, -0.2) is 38.1 Å². The van der Waals surface area contributed by atoms with Gasteiger partial charge in [-0.3, -0.25) is 0 Å². The summed E-state index contributed by atoms with van der Waals surface area (Å²) in [5, 5.41) is 0. The van der Waals surface area contributed by atoms with Gasteiger partial charge in [0.1, 0.15) is 13.6 Å². The molecule has 0 radical (unpaired) electrons. The average Bonchev–Trinajstić information content (AvgIpc) is 2.54. The van der Waals surface area contributed by atoms with Crippen molar-refractivity contribution in [2.75, 3.05) is 27.8 Å². The molecule has 3 rings (SSSR count). The van der Waals surface area contributed by atoms with Crippen LogP contribution in [0.2, 0.25) is 0 Å². The van der Waals surface area contributed by atoms with Gasteiger partial charge in [0.2, 0.25) is 5.71 Å². The van der Waals surface area contributed by atoms with Gasteiger partial charge in [-0.2, -0.15) is 0 Å². The minimum Gasteiger partial charge on any atom is -1.00 e. The fraction of sp³-hybridized carbons (Fsp3) is 0.278. The standard InChI is InChI=1S/C18H20NO2.HI/c1-19-10-9-14-11-16(20-2)17(21-3)12-15(14)18(19)13-7-5-4-6-8-13;/h4-8,11-12H,9-10H2,1-3H3;1H/q+1;/p-1. The molecule has 0 aliphatic carbocycles. The molecular formula is C18H20INO2. The third-order valence-electron chi connectivity index (χ3n) is 4.01. The summed E-state index contributed by atoms with van der Waals surface area (Å²) in [7, 11) is 5.50. The molecule has 0 unspecified atom stereocenters. The summed E-state index contributed by atoms with van der Waals surface area (Å²) in [4.78, 5) is 0. The fourth-order valence-corrected chi connectivity index (χ4v) is 2.93. The number of hydrogen-bond donors (Lipinski definition) is 0. The van der Waals surface area contributed by atoms with E-state index in [9.17, 15) is 0 Å². The molecule has 0 aromatic heterocycles. The molecule has 3 nitrogen and oxygen atoms in total. The Bertz CT molecular complexity index is 696. The first-order valence-corrected chi connectivity index (χ1v) is 7.13. The van der Waals surface area contributed by atoms with Gasteiger partial charge >= 0.3 is 0 Å². The first-order valence-electron chi connectivity index (χ1n) is 7.13. The van der Waals surface area contributed by atoms with E-state index in [2.05, 4.69) is 48.0 Å². The summed E-state index contributed by atoms with van der Waals surface area (Å²) in [6.07, 6.45) is 1.02. The minimum absolute atomic E-state index is 0. The Balaban J connectivity index is 0.00000176. The molecule has 0 saturated heterocycles. The van der Waals surface area contributed by atoms with Crippen LogP contribution in [-0.2, 0) is 6.42 Å². The van der Waals surface area contributed by atoms with Gasteiger partial charge in [0.15, 0.2) is 11.5 Å². The molecule has 0 amide bonds. The van der Waals surface area contributed by atoms with Gasteiger partial charge in [0.25, 0.3) is 0 Å². The predicted octanol–water partition coefficient (Wildman–Crippen LogP) is -0.256. The van der Waals surface area contributed by atoms with Gasteiger partial charge < -0.3 is 33.5 Å². The molecule has 116 valence electrons. The maximum Gasteiger partial charge on any atom is 0.214 e. The van der Waals surface area contributed by atoms with Gasteiger partial charge in [-0.25, -0.2) is 4.58 Å². The van der Waals surface area contributed by atoms with E-state index in [0.717, 1.165) is 24.5 Å². The molecule has 0 fully saturated rings. The Hall–Kier alpha value is -1.56. The third-order valence-corrected chi connectivity index (χ3v) is 4.01. The molecule has 2 aromatic rings. The van der Waals surface area contributed by atoms with Gasteiger partial charge in [0, 0.05) is 12.0 Å². The Morgan fingerprint density at radius 1 is 0.955 bits per heavy atom. The predicted molar refractivity (Wildman–Crippen MR) is 84.0 cm³/mol. The zero-order valence-corrected chi connectivity index (χ0v) is 15.3. The first-order chi connectivity index (χ1) is 10.2. The second-order valence-corrected chi connectivity index (χ2v) is 5.25. The third kappa shape index (κ3) is 2.97. The lowest BCUT2D eigenvalue weighted by Gasteiger charge is -2.19. The quantitative estimate of drug-likeness (QED) is 0.515. The van der Waals surface area contributed by atoms with Gasteiger partial charge in [0.05, 0.1) is 19.8 Å². The number of nitrogens with zero attached hydrogens (tertiary/aromatic N) is 1. The van der Waals surface area contributed by atoms with Crippen molar-refractivity contribution in [3.05, 3.63) is 59.2 Å². The number of fused-ring (bicyclic) bond motifs is 1. The number of ether oxygens (including phenoxy) is 2.